The first-order valence-electron chi connectivity index (χ1n) is 8.44. The van der Waals surface area contributed by atoms with Crippen molar-refractivity contribution in [3.63, 3.8) is 0 Å². The predicted octanol–water partition coefficient (Wildman–Crippen LogP) is 3.05. The van der Waals surface area contributed by atoms with E-state index >= 15 is 0 Å². The van der Waals surface area contributed by atoms with Crippen LogP contribution in [0.4, 0.5) is 5.82 Å². The highest BCUT2D eigenvalue weighted by atomic mass is 16.5. The SMILES string of the molecule is CC1=CC(C)C2(CO)COC(c3ccc(N(C)C)nc3)C1C2C. The van der Waals surface area contributed by atoms with E-state index in [0.29, 0.717) is 24.4 Å². The van der Waals surface area contributed by atoms with E-state index in [9.17, 15) is 5.11 Å². The molecule has 2 bridgehead atoms. The fourth-order valence-corrected chi connectivity index (χ4v) is 4.42. The van der Waals surface area contributed by atoms with Gasteiger partial charge >= 0.3 is 0 Å². The van der Waals surface area contributed by atoms with Crippen LogP contribution in [-0.2, 0) is 4.74 Å². The fourth-order valence-electron chi connectivity index (χ4n) is 4.42. The number of anilines is 1. The van der Waals surface area contributed by atoms with Gasteiger partial charge in [0.25, 0.3) is 0 Å². The minimum atomic E-state index is -0.155. The molecule has 1 aliphatic carbocycles. The lowest BCUT2D eigenvalue weighted by atomic mass is 9.56. The summed E-state index contributed by atoms with van der Waals surface area (Å²) in [5.41, 5.74) is 2.34. The number of fused-ring (bicyclic) bond motifs is 2. The Hall–Kier alpha value is -1.39. The lowest BCUT2D eigenvalue weighted by Crippen LogP contribution is -2.53. The highest BCUT2D eigenvalue weighted by Gasteiger charge is 2.53. The predicted molar refractivity (Wildman–Crippen MR) is 92.4 cm³/mol. The van der Waals surface area contributed by atoms with Gasteiger partial charge in [0.2, 0.25) is 0 Å². The largest absolute Gasteiger partial charge is 0.396 e. The highest BCUT2D eigenvalue weighted by Crippen LogP contribution is 2.55. The highest BCUT2D eigenvalue weighted by molar-refractivity contribution is 5.38. The third kappa shape index (κ3) is 2.48. The number of ether oxygens (including phenoxy) is 1. The Kier molecular flexibility index (Phi) is 4.23. The number of aliphatic hydroxyl groups is 1. The van der Waals surface area contributed by atoms with Gasteiger partial charge in [-0.05, 0) is 30.4 Å². The third-order valence-corrected chi connectivity index (χ3v) is 6.10. The van der Waals surface area contributed by atoms with Gasteiger partial charge in [0.05, 0.1) is 19.3 Å². The van der Waals surface area contributed by atoms with Gasteiger partial charge in [0, 0.05) is 31.6 Å². The zero-order chi connectivity index (χ0) is 16.8. The Labute approximate surface area is 139 Å². The minimum Gasteiger partial charge on any atom is -0.396 e. The van der Waals surface area contributed by atoms with Crippen molar-refractivity contribution in [2.75, 3.05) is 32.2 Å². The number of rotatable bonds is 3. The zero-order valence-corrected chi connectivity index (χ0v) is 14.8. The van der Waals surface area contributed by atoms with Crippen LogP contribution in [0.1, 0.15) is 32.4 Å². The van der Waals surface area contributed by atoms with Crippen molar-refractivity contribution in [1.29, 1.82) is 0 Å². The summed E-state index contributed by atoms with van der Waals surface area (Å²) in [6.45, 7) is 7.45. The number of aliphatic hydroxyl groups excluding tert-OH is 1. The summed E-state index contributed by atoms with van der Waals surface area (Å²) < 4.78 is 6.28. The summed E-state index contributed by atoms with van der Waals surface area (Å²) in [7, 11) is 3.98. The van der Waals surface area contributed by atoms with Crippen LogP contribution in [0.2, 0.25) is 0 Å². The number of hydrogen-bond acceptors (Lipinski definition) is 4. The lowest BCUT2D eigenvalue weighted by Gasteiger charge is -2.55. The molecule has 1 saturated heterocycles. The molecule has 2 heterocycles. The molecule has 5 atom stereocenters. The molecule has 1 N–H and O–H groups in total. The lowest BCUT2D eigenvalue weighted by molar-refractivity contribution is -0.165. The van der Waals surface area contributed by atoms with E-state index in [1.54, 1.807) is 0 Å². The maximum Gasteiger partial charge on any atom is 0.127 e. The van der Waals surface area contributed by atoms with E-state index in [2.05, 4.69) is 37.9 Å². The fraction of sp³-hybridized carbons (Fsp3) is 0.632. The van der Waals surface area contributed by atoms with Crippen LogP contribution in [0.3, 0.4) is 0 Å². The van der Waals surface area contributed by atoms with Crippen LogP contribution in [-0.4, -0.2) is 37.4 Å². The van der Waals surface area contributed by atoms with Crippen LogP contribution < -0.4 is 4.90 Å². The van der Waals surface area contributed by atoms with Crippen molar-refractivity contribution in [3.05, 3.63) is 35.5 Å². The van der Waals surface area contributed by atoms with Gasteiger partial charge in [-0.3, -0.25) is 0 Å². The van der Waals surface area contributed by atoms with Gasteiger partial charge in [-0.15, -0.1) is 0 Å². The van der Waals surface area contributed by atoms with E-state index in [1.165, 1.54) is 5.57 Å². The molecule has 5 unspecified atom stereocenters. The smallest absolute Gasteiger partial charge is 0.127 e. The molecule has 1 aliphatic heterocycles. The van der Waals surface area contributed by atoms with Gasteiger partial charge in [-0.2, -0.15) is 0 Å². The van der Waals surface area contributed by atoms with E-state index < -0.39 is 0 Å². The average molecular weight is 316 g/mol. The molecule has 0 aromatic carbocycles. The topological polar surface area (TPSA) is 45.6 Å². The molecule has 3 rings (SSSR count). The molecule has 0 amide bonds. The van der Waals surface area contributed by atoms with Gasteiger partial charge in [0.1, 0.15) is 5.82 Å². The first-order chi connectivity index (χ1) is 10.9. The second-order valence-electron chi connectivity index (χ2n) is 7.48. The normalized spacial score (nSPS) is 36.5. The molecule has 2 aliphatic rings. The van der Waals surface area contributed by atoms with E-state index in [4.69, 9.17) is 4.74 Å². The molecule has 4 nitrogen and oxygen atoms in total. The molecule has 4 heteroatoms. The molecule has 23 heavy (non-hydrogen) atoms. The number of aromatic nitrogens is 1. The van der Waals surface area contributed by atoms with Crippen molar-refractivity contribution in [1.82, 2.24) is 4.98 Å². The van der Waals surface area contributed by atoms with Gasteiger partial charge in [0.15, 0.2) is 0 Å². The Morgan fingerprint density at radius 2 is 2.09 bits per heavy atom. The van der Waals surface area contributed by atoms with Crippen molar-refractivity contribution in [2.24, 2.45) is 23.2 Å². The summed E-state index contributed by atoms with van der Waals surface area (Å²) in [4.78, 5) is 6.54. The quantitative estimate of drug-likeness (QED) is 0.871. The monoisotopic (exact) mass is 316 g/mol. The molecule has 126 valence electrons. The number of pyridine rings is 1. The van der Waals surface area contributed by atoms with Crippen LogP contribution in [0.5, 0.6) is 0 Å². The third-order valence-electron chi connectivity index (χ3n) is 6.10. The number of hydrogen-bond donors (Lipinski definition) is 1. The molecule has 1 aromatic rings. The minimum absolute atomic E-state index is 0.0251. The van der Waals surface area contributed by atoms with Gasteiger partial charge in [-0.25, -0.2) is 4.98 Å². The Balaban J connectivity index is 1.95. The summed E-state index contributed by atoms with van der Waals surface area (Å²) >= 11 is 0. The average Bonchev–Trinajstić information content (AvgIpc) is 2.53. The maximum absolute atomic E-state index is 10.0. The molecular formula is C19H28N2O2. The van der Waals surface area contributed by atoms with Crippen molar-refractivity contribution < 1.29 is 9.84 Å². The number of allylic oxidation sites excluding steroid dienone is 1. The van der Waals surface area contributed by atoms with Crippen molar-refractivity contribution in [2.45, 2.75) is 26.9 Å². The number of nitrogens with zero attached hydrogens (tertiary/aromatic N) is 2. The van der Waals surface area contributed by atoms with E-state index in [0.717, 1.165) is 11.4 Å². The second-order valence-corrected chi connectivity index (χ2v) is 7.48. The Bertz CT molecular complexity index is 596. The van der Waals surface area contributed by atoms with Crippen LogP contribution >= 0.6 is 0 Å². The first-order valence-corrected chi connectivity index (χ1v) is 8.44. The van der Waals surface area contributed by atoms with Crippen LogP contribution in [0.15, 0.2) is 30.0 Å². The zero-order valence-electron chi connectivity index (χ0n) is 14.8. The Morgan fingerprint density at radius 3 is 2.65 bits per heavy atom. The molecule has 1 fully saturated rings. The molecule has 1 aromatic heterocycles. The van der Waals surface area contributed by atoms with Gasteiger partial charge < -0.3 is 14.7 Å². The summed E-state index contributed by atoms with van der Waals surface area (Å²) in [5, 5.41) is 10.0. The van der Waals surface area contributed by atoms with E-state index in [-0.39, 0.29) is 18.1 Å². The summed E-state index contributed by atoms with van der Waals surface area (Å²) in [6, 6.07) is 4.17. The molecule has 0 spiro atoms. The first kappa shape index (κ1) is 16.5. The van der Waals surface area contributed by atoms with Crippen LogP contribution in [0.25, 0.3) is 0 Å². The molecule has 0 saturated carbocycles. The summed E-state index contributed by atoms with van der Waals surface area (Å²) in [6.07, 6.45) is 4.29. The van der Waals surface area contributed by atoms with Crippen molar-refractivity contribution in [3.8, 4) is 0 Å². The van der Waals surface area contributed by atoms with Crippen molar-refractivity contribution >= 4 is 5.82 Å². The molecule has 0 radical (unpaired) electrons. The second kappa shape index (κ2) is 5.91. The van der Waals surface area contributed by atoms with Crippen LogP contribution in [0, 0.1) is 23.2 Å². The maximum atomic E-state index is 10.0. The summed E-state index contributed by atoms with van der Waals surface area (Å²) in [5.74, 6) is 1.99. The standard InChI is InChI=1S/C19H28N2O2/c1-12-8-13(2)19(10-22)11-23-18(17(12)14(19)3)15-6-7-16(20-9-15)21(4)5/h6-9,13-14,17-18,22H,10-11H2,1-5H3. The van der Waals surface area contributed by atoms with Gasteiger partial charge in [-0.1, -0.05) is 31.6 Å². The van der Waals surface area contributed by atoms with E-state index in [1.807, 2.05) is 31.3 Å². The molecular weight excluding hydrogens is 288 g/mol. The Morgan fingerprint density at radius 1 is 1.35 bits per heavy atom.